The van der Waals surface area contributed by atoms with E-state index in [0.717, 1.165) is 13.2 Å². The molecule has 4 aliphatic rings. The number of carbonyl (C=O) groups is 2. The molecule has 0 bridgehead atoms. The van der Waals surface area contributed by atoms with Crippen molar-refractivity contribution in [3.63, 3.8) is 0 Å². The van der Waals surface area contributed by atoms with E-state index in [4.69, 9.17) is 56.6 Å². The summed E-state index contributed by atoms with van der Waals surface area (Å²) in [6, 6.07) is 0. The Morgan fingerprint density at radius 1 is 0.711 bits per heavy atom. The van der Waals surface area contributed by atoms with E-state index in [1.165, 1.54) is 0 Å². The summed E-state index contributed by atoms with van der Waals surface area (Å²) in [5.41, 5.74) is 0. The van der Waals surface area contributed by atoms with E-state index in [1.54, 1.807) is 0 Å². The van der Waals surface area contributed by atoms with Crippen LogP contribution in [0.3, 0.4) is 0 Å². The van der Waals surface area contributed by atoms with Gasteiger partial charge in [0.05, 0.1) is 100 Å². The SMILES string of the molecule is CC(COCC1CCC(=O)O1)OCC(C)OCC1COC(=O)O1.CC(COCC1CO1)OCC(C)OCC1CO1.O=[Si-]O.[Br-].[Li+]. The number of epoxide rings is 2. The molecule has 0 radical (unpaired) electrons. The van der Waals surface area contributed by atoms with Crippen LogP contribution in [0.25, 0.3) is 0 Å². The van der Waals surface area contributed by atoms with Gasteiger partial charge >= 0.3 is 31.0 Å². The van der Waals surface area contributed by atoms with E-state index < -0.39 is 15.8 Å². The molecular formula is C27H47BrLiO15Si-. The minimum absolute atomic E-state index is 0. The molecule has 1 N–H and O–H groups in total. The van der Waals surface area contributed by atoms with Crippen molar-refractivity contribution in [2.45, 2.75) is 89.4 Å². The van der Waals surface area contributed by atoms with Crippen LogP contribution in [0.15, 0.2) is 0 Å². The molecule has 4 rings (SSSR count). The van der Waals surface area contributed by atoms with Gasteiger partial charge in [0.15, 0.2) is 6.10 Å². The fourth-order valence-corrected chi connectivity index (χ4v) is 3.54. The molecule has 8 unspecified atom stereocenters. The van der Waals surface area contributed by atoms with E-state index in [9.17, 15) is 9.59 Å². The molecule has 4 fully saturated rings. The van der Waals surface area contributed by atoms with Gasteiger partial charge in [-0.25, -0.2) is 4.79 Å². The van der Waals surface area contributed by atoms with Gasteiger partial charge in [-0.05, 0) is 34.1 Å². The second kappa shape index (κ2) is 26.3. The Balaban J connectivity index is 0.000000784. The maximum absolute atomic E-state index is 11.0. The summed E-state index contributed by atoms with van der Waals surface area (Å²) in [5.74, 6) is -0.160. The van der Waals surface area contributed by atoms with Gasteiger partial charge in [0, 0.05) is 6.42 Å². The molecule has 4 saturated heterocycles. The van der Waals surface area contributed by atoms with Crippen LogP contribution in [0, 0.1) is 0 Å². The van der Waals surface area contributed by atoms with Crippen molar-refractivity contribution in [2.24, 2.45) is 0 Å². The van der Waals surface area contributed by atoms with Crippen molar-refractivity contribution in [3.05, 3.63) is 0 Å². The first kappa shape index (κ1) is 44.3. The van der Waals surface area contributed by atoms with Crippen molar-refractivity contribution >= 4 is 21.8 Å². The van der Waals surface area contributed by atoms with Crippen molar-refractivity contribution in [2.75, 3.05) is 72.7 Å². The molecule has 15 nitrogen and oxygen atoms in total. The second-order valence-electron chi connectivity index (χ2n) is 10.6. The summed E-state index contributed by atoms with van der Waals surface area (Å²) in [6.07, 6.45) is 0.669. The predicted octanol–water partition coefficient (Wildman–Crippen LogP) is -5.38. The minimum Gasteiger partial charge on any atom is -1.00 e. The smallest absolute Gasteiger partial charge is 1.00 e. The third-order valence-corrected chi connectivity index (χ3v) is 6.10. The number of halogens is 1. The number of hydrogen-bond acceptors (Lipinski definition) is 14. The third-order valence-electron chi connectivity index (χ3n) is 6.10. The zero-order chi connectivity index (χ0) is 31.5. The number of rotatable bonds is 20. The Kier molecular flexibility index (Phi) is 25.9. The first-order chi connectivity index (χ1) is 20.7. The van der Waals surface area contributed by atoms with E-state index in [2.05, 4.69) is 4.74 Å². The summed E-state index contributed by atoms with van der Waals surface area (Å²) in [7, 11) is -1.17. The monoisotopic (exact) mass is 725 g/mol. The second-order valence-corrected chi connectivity index (χ2v) is 10.8. The predicted molar refractivity (Wildman–Crippen MR) is 147 cm³/mol. The molecule has 0 aromatic rings. The Morgan fingerprint density at radius 2 is 1.16 bits per heavy atom. The number of hydrogen-bond donors (Lipinski definition) is 1. The molecule has 0 aromatic carbocycles. The molecule has 0 amide bonds. The fraction of sp³-hybridized carbons (Fsp3) is 0.926. The van der Waals surface area contributed by atoms with Crippen LogP contribution >= 0.6 is 0 Å². The van der Waals surface area contributed by atoms with Crippen LogP contribution in [0.1, 0.15) is 40.5 Å². The van der Waals surface area contributed by atoms with Crippen LogP contribution in [-0.2, 0) is 61.4 Å². The average Bonchev–Trinajstić information content (AvgIpc) is 3.90. The van der Waals surface area contributed by atoms with Gasteiger partial charge in [0.25, 0.3) is 0 Å². The Hall–Kier alpha value is -0.686. The molecule has 4 heterocycles. The first-order valence-electron chi connectivity index (χ1n) is 14.6. The van der Waals surface area contributed by atoms with Crippen LogP contribution in [0.4, 0.5) is 4.79 Å². The Labute approximate surface area is 289 Å². The maximum Gasteiger partial charge on any atom is 1.00 e. The topological polar surface area (TPSA) is 180 Å². The van der Waals surface area contributed by atoms with Crippen molar-refractivity contribution < 1.29 is 107 Å². The van der Waals surface area contributed by atoms with Crippen LogP contribution in [0.5, 0.6) is 0 Å². The standard InChI is InChI=1S/C15H24O8.C12H22O5.BrH.Li.HO2Si/c1-10(5-18-7-12-3-4-14(16)22-12)19-6-11(2)20-8-13-9-21-15(17)23-13;1-9(3-13-5-11-7-16-11)14-4-10(2)15-6-12-8-17-12;;;1-3-2/h10-13H,3-9H2,1-2H3;9-12H,3-8H2,1-2H3;1H;;1H/q;;;+1;-1/p-1. The molecule has 18 heteroatoms. The molecular weight excluding hydrogens is 679 g/mol. The van der Waals surface area contributed by atoms with E-state index in [-0.39, 0.29) is 91.6 Å². The number of esters is 1. The summed E-state index contributed by atoms with van der Waals surface area (Å²) in [5, 5.41) is 0. The van der Waals surface area contributed by atoms with Gasteiger partial charge in [0.1, 0.15) is 24.9 Å². The van der Waals surface area contributed by atoms with Gasteiger partial charge in [-0.3, -0.25) is 4.79 Å². The maximum atomic E-state index is 11.0. The normalized spacial score (nSPS) is 25.2. The average molecular weight is 727 g/mol. The minimum atomic E-state index is -1.17. The van der Waals surface area contributed by atoms with Crippen LogP contribution < -0.4 is 35.8 Å². The molecule has 0 aliphatic carbocycles. The quantitative estimate of drug-likeness (QED) is 0.0714. The van der Waals surface area contributed by atoms with E-state index in [0.29, 0.717) is 71.3 Å². The molecule has 8 atom stereocenters. The van der Waals surface area contributed by atoms with E-state index >= 15 is 0 Å². The summed E-state index contributed by atoms with van der Waals surface area (Å²) in [4.78, 5) is 28.8. The number of carbonyl (C=O) groups excluding carboxylic acids is 2. The Bertz CT molecular complexity index is 795. The summed E-state index contributed by atoms with van der Waals surface area (Å²) >= 11 is 0. The largest absolute Gasteiger partial charge is 1.00 e. The van der Waals surface area contributed by atoms with Crippen molar-refractivity contribution in [3.8, 4) is 0 Å². The molecule has 0 aromatic heterocycles. The number of cyclic esters (lactones) is 3. The van der Waals surface area contributed by atoms with Gasteiger partial charge in [-0.1, -0.05) is 0 Å². The fourth-order valence-electron chi connectivity index (χ4n) is 3.54. The van der Waals surface area contributed by atoms with Crippen LogP contribution in [-0.4, -0.2) is 148 Å². The van der Waals surface area contributed by atoms with Crippen molar-refractivity contribution in [1.29, 1.82) is 0 Å². The molecule has 0 saturated carbocycles. The first-order valence-corrected chi connectivity index (χ1v) is 15.4. The zero-order valence-corrected chi connectivity index (χ0v) is 29.4. The van der Waals surface area contributed by atoms with Crippen LogP contribution in [0.2, 0.25) is 0 Å². The molecule has 0 spiro atoms. The molecule has 45 heavy (non-hydrogen) atoms. The van der Waals surface area contributed by atoms with E-state index in [1.807, 2.05) is 27.7 Å². The summed E-state index contributed by atoms with van der Waals surface area (Å²) in [6.45, 7) is 13.8. The number of ether oxygens (including phenoxy) is 11. The van der Waals surface area contributed by atoms with Gasteiger partial charge in [-0.15, -0.1) is 0 Å². The van der Waals surface area contributed by atoms with Gasteiger partial charge in [0.2, 0.25) is 0 Å². The molecule has 4 aliphatic heterocycles. The van der Waals surface area contributed by atoms with Gasteiger partial charge in [-0.2, -0.15) is 0 Å². The Morgan fingerprint density at radius 3 is 1.58 bits per heavy atom. The van der Waals surface area contributed by atoms with Crippen molar-refractivity contribution in [1.82, 2.24) is 0 Å². The molecule has 258 valence electrons. The van der Waals surface area contributed by atoms with Gasteiger partial charge < -0.3 is 78.3 Å². The third kappa shape index (κ3) is 24.2. The zero-order valence-electron chi connectivity index (χ0n) is 26.9. The summed E-state index contributed by atoms with van der Waals surface area (Å²) < 4.78 is 66.5.